The van der Waals surface area contributed by atoms with Crippen LogP contribution in [0.15, 0.2) is 28.9 Å². The predicted octanol–water partition coefficient (Wildman–Crippen LogP) is 2.78. The highest BCUT2D eigenvalue weighted by Crippen LogP contribution is 2.24. The minimum atomic E-state index is 1.04. The van der Waals surface area contributed by atoms with Crippen LogP contribution in [0.5, 0.6) is 0 Å². The Labute approximate surface area is 114 Å². The van der Waals surface area contributed by atoms with Crippen LogP contribution in [0.25, 0.3) is 16.6 Å². The monoisotopic (exact) mass is 304 g/mol. The fourth-order valence-electron chi connectivity index (χ4n) is 2.40. The first-order valence-electron chi connectivity index (χ1n) is 5.88. The van der Waals surface area contributed by atoms with Gasteiger partial charge in [-0.25, -0.2) is 5.84 Å². The highest BCUT2D eigenvalue weighted by atomic mass is 79.9. The second-order valence-corrected chi connectivity index (χ2v) is 5.57. The number of rotatable bonds is 0. The molecule has 0 amide bonds. The van der Waals surface area contributed by atoms with E-state index in [1.807, 2.05) is 6.92 Å². The van der Waals surface area contributed by atoms with Crippen molar-refractivity contribution in [1.82, 2.24) is 4.40 Å². The summed E-state index contributed by atoms with van der Waals surface area (Å²) in [6, 6.07) is 8.46. The molecular weight excluding hydrogens is 290 g/mol. The Morgan fingerprint density at radius 3 is 2.44 bits per heavy atom. The van der Waals surface area contributed by atoms with Gasteiger partial charge >= 0.3 is 0 Å². The van der Waals surface area contributed by atoms with E-state index < -0.39 is 0 Å². The van der Waals surface area contributed by atoms with E-state index in [9.17, 15) is 0 Å². The molecule has 2 heterocycles. The topological polar surface area (TPSA) is 34.3 Å². The summed E-state index contributed by atoms with van der Waals surface area (Å²) in [7, 11) is 0. The largest absolute Gasteiger partial charge is 0.292 e. The third-order valence-corrected chi connectivity index (χ3v) is 4.28. The van der Waals surface area contributed by atoms with E-state index in [4.69, 9.17) is 5.84 Å². The van der Waals surface area contributed by atoms with Gasteiger partial charge in [0.05, 0.1) is 4.60 Å². The Kier molecular flexibility index (Phi) is 2.38. The molecule has 0 spiro atoms. The molecule has 0 bridgehead atoms. The van der Waals surface area contributed by atoms with E-state index in [0.717, 1.165) is 26.8 Å². The zero-order valence-corrected chi connectivity index (χ0v) is 12.2. The maximum absolute atomic E-state index is 6.20. The molecule has 0 radical (unpaired) electrons. The first-order chi connectivity index (χ1) is 8.50. The molecule has 0 aliphatic carbocycles. The molecular formula is C14H15BrN3+. The summed E-state index contributed by atoms with van der Waals surface area (Å²) < 4.78 is 5.01. The molecule has 0 aliphatic heterocycles. The number of nitrogen functional groups attached to an aromatic ring is 1. The van der Waals surface area contributed by atoms with E-state index in [1.165, 1.54) is 11.1 Å². The fraction of sp³-hybridized carbons (Fsp3) is 0.214. The number of aryl methyl sites for hydroxylation is 3. The fourth-order valence-corrected chi connectivity index (χ4v) is 2.92. The maximum Gasteiger partial charge on any atom is 0.259 e. The molecule has 3 aromatic rings. The summed E-state index contributed by atoms with van der Waals surface area (Å²) >= 11 is 3.60. The number of hydrogen-bond donors (Lipinski definition) is 1. The van der Waals surface area contributed by atoms with Crippen LogP contribution in [-0.2, 0) is 0 Å². The van der Waals surface area contributed by atoms with E-state index in [1.54, 1.807) is 4.68 Å². The summed E-state index contributed by atoms with van der Waals surface area (Å²) in [5, 5.41) is 0. The highest BCUT2D eigenvalue weighted by molar-refractivity contribution is 9.10. The molecule has 0 aliphatic rings. The van der Waals surface area contributed by atoms with Gasteiger partial charge in [-0.2, -0.15) is 0 Å². The number of benzene rings is 1. The Bertz CT molecular complexity index is 787. The van der Waals surface area contributed by atoms with Gasteiger partial charge in [-0.3, -0.25) is 4.40 Å². The zero-order chi connectivity index (χ0) is 13.0. The molecule has 2 aromatic heterocycles. The van der Waals surface area contributed by atoms with Crippen LogP contribution in [0.2, 0.25) is 0 Å². The molecule has 4 heteroatoms. The molecule has 18 heavy (non-hydrogen) atoms. The normalized spacial score (nSPS) is 11.6. The van der Waals surface area contributed by atoms with Gasteiger partial charge in [-0.1, -0.05) is 4.68 Å². The average molecular weight is 305 g/mol. The summed E-state index contributed by atoms with van der Waals surface area (Å²) in [5.41, 5.74) is 6.87. The maximum atomic E-state index is 6.20. The number of hydrogen-bond acceptors (Lipinski definition) is 1. The quantitative estimate of drug-likeness (QED) is 0.503. The Hall–Kier alpha value is -1.55. The van der Waals surface area contributed by atoms with E-state index in [2.05, 4.69) is 58.4 Å². The number of nitrogens with zero attached hydrogens (tertiary/aromatic N) is 2. The minimum absolute atomic E-state index is 1.04. The number of aromatic nitrogens is 2. The van der Waals surface area contributed by atoms with Crippen LogP contribution in [0.4, 0.5) is 0 Å². The molecule has 0 unspecified atom stereocenters. The summed E-state index contributed by atoms with van der Waals surface area (Å²) in [4.78, 5) is 0. The Morgan fingerprint density at radius 2 is 1.72 bits per heavy atom. The van der Waals surface area contributed by atoms with Gasteiger partial charge in [0.2, 0.25) is 5.69 Å². The molecule has 2 N–H and O–H groups in total. The lowest BCUT2D eigenvalue weighted by molar-refractivity contribution is -0.617. The average Bonchev–Trinajstić information content (AvgIpc) is 2.71. The first-order valence-corrected chi connectivity index (χ1v) is 6.67. The van der Waals surface area contributed by atoms with Gasteiger partial charge in [-0.05, 0) is 59.1 Å². The van der Waals surface area contributed by atoms with E-state index in [0.29, 0.717) is 0 Å². The number of nitrogens with two attached hydrogens (primary N) is 1. The number of fused-ring (bicyclic) bond motifs is 3. The summed E-state index contributed by atoms with van der Waals surface area (Å²) in [5.74, 6) is 6.20. The van der Waals surface area contributed by atoms with Gasteiger partial charge in [0.1, 0.15) is 11.0 Å². The third kappa shape index (κ3) is 1.38. The lowest BCUT2D eigenvalue weighted by Gasteiger charge is -2.07. The van der Waals surface area contributed by atoms with Crippen LogP contribution in [0.3, 0.4) is 0 Å². The molecule has 0 saturated heterocycles. The second kappa shape index (κ2) is 3.72. The Morgan fingerprint density at radius 1 is 1.06 bits per heavy atom. The minimum Gasteiger partial charge on any atom is -0.292 e. The SMILES string of the molecule is Cc1cc2c(cc1C)[n+](N)c(C)c1ccc(Br)n12. The summed E-state index contributed by atoms with van der Waals surface area (Å²) in [6.07, 6.45) is 0. The van der Waals surface area contributed by atoms with E-state index in [-0.39, 0.29) is 0 Å². The van der Waals surface area contributed by atoms with E-state index >= 15 is 0 Å². The van der Waals surface area contributed by atoms with Crippen molar-refractivity contribution in [2.24, 2.45) is 0 Å². The van der Waals surface area contributed by atoms with Crippen molar-refractivity contribution in [2.75, 3.05) is 5.84 Å². The number of halogens is 1. The first kappa shape index (κ1) is 11.5. The standard InChI is InChI=1S/C14H15BrN3/c1-8-6-12-13(7-9(8)2)18(16)10(3)11-4-5-14(15)17(11)12/h4-7H,16H2,1-3H3/q+1. The zero-order valence-electron chi connectivity index (χ0n) is 10.7. The van der Waals surface area contributed by atoms with Crippen LogP contribution in [0, 0.1) is 20.8 Å². The van der Waals surface area contributed by atoms with Gasteiger partial charge in [-0.15, -0.1) is 0 Å². The van der Waals surface area contributed by atoms with Crippen molar-refractivity contribution in [1.29, 1.82) is 0 Å². The van der Waals surface area contributed by atoms with Gasteiger partial charge in [0, 0.05) is 13.0 Å². The van der Waals surface area contributed by atoms with Crippen LogP contribution >= 0.6 is 15.9 Å². The molecule has 3 rings (SSSR count). The van der Waals surface area contributed by atoms with Crippen molar-refractivity contribution in [3.8, 4) is 0 Å². The third-order valence-electron chi connectivity index (χ3n) is 3.66. The smallest absolute Gasteiger partial charge is 0.259 e. The predicted molar refractivity (Wildman–Crippen MR) is 77.2 cm³/mol. The molecule has 0 atom stereocenters. The van der Waals surface area contributed by atoms with Crippen molar-refractivity contribution in [3.05, 3.63) is 45.7 Å². The Balaban J connectivity index is 2.68. The lowest BCUT2D eigenvalue weighted by Crippen LogP contribution is -2.48. The lowest BCUT2D eigenvalue weighted by atomic mass is 10.1. The molecule has 0 fully saturated rings. The molecule has 0 saturated carbocycles. The van der Waals surface area contributed by atoms with Gasteiger partial charge < -0.3 is 0 Å². The van der Waals surface area contributed by atoms with Crippen molar-refractivity contribution in [3.63, 3.8) is 0 Å². The van der Waals surface area contributed by atoms with Crippen LogP contribution < -0.4 is 10.5 Å². The molecule has 3 nitrogen and oxygen atoms in total. The van der Waals surface area contributed by atoms with Crippen molar-refractivity contribution < 1.29 is 4.68 Å². The second-order valence-electron chi connectivity index (χ2n) is 4.76. The highest BCUT2D eigenvalue weighted by Gasteiger charge is 2.19. The van der Waals surface area contributed by atoms with Crippen LogP contribution in [-0.4, -0.2) is 4.40 Å². The molecule has 1 aromatic carbocycles. The molecule has 92 valence electrons. The van der Waals surface area contributed by atoms with Gasteiger partial charge in [0.15, 0.2) is 0 Å². The van der Waals surface area contributed by atoms with Crippen molar-refractivity contribution in [2.45, 2.75) is 20.8 Å². The van der Waals surface area contributed by atoms with Crippen LogP contribution in [0.1, 0.15) is 16.8 Å². The van der Waals surface area contributed by atoms with Crippen molar-refractivity contribution >= 4 is 32.5 Å². The van der Waals surface area contributed by atoms with Gasteiger partial charge in [0.25, 0.3) is 5.52 Å². The summed E-state index contributed by atoms with van der Waals surface area (Å²) in [6.45, 7) is 6.27.